The van der Waals surface area contributed by atoms with E-state index >= 15 is 0 Å². The lowest BCUT2D eigenvalue weighted by Crippen LogP contribution is -2.47. The number of nitrogens with one attached hydrogen (secondary N) is 1. The number of urea groups is 1. The van der Waals surface area contributed by atoms with Crippen molar-refractivity contribution in [3.63, 3.8) is 0 Å². The van der Waals surface area contributed by atoms with Crippen molar-refractivity contribution in [1.82, 2.24) is 10.2 Å². The van der Waals surface area contributed by atoms with Gasteiger partial charge < -0.3 is 15.0 Å². The van der Waals surface area contributed by atoms with Gasteiger partial charge in [-0.2, -0.15) is 0 Å². The molecule has 1 aliphatic carbocycles. The van der Waals surface area contributed by atoms with Crippen LogP contribution in [0.15, 0.2) is 54.6 Å². The SMILES string of the molecule is Cc1cccc(OC2CCN(C(=O)N[C@H]3C[C@@H]3c3ccccc3)CC2)c1. The molecule has 0 spiro atoms. The van der Waals surface area contributed by atoms with Crippen LogP contribution in [0.2, 0.25) is 0 Å². The van der Waals surface area contributed by atoms with Crippen molar-refractivity contribution in [2.75, 3.05) is 13.1 Å². The van der Waals surface area contributed by atoms with Gasteiger partial charge in [-0.05, 0) is 36.6 Å². The molecule has 2 fully saturated rings. The number of amides is 2. The Hall–Kier alpha value is -2.49. The second-order valence-corrected chi connectivity index (χ2v) is 7.43. The Morgan fingerprint density at radius 1 is 1.08 bits per heavy atom. The van der Waals surface area contributed by atoms with Crippen LogP contribution in [0.1, 0.15) is 36.3 Å². The topological polar surface area (TPSA) is 41.6 Å². The van der Waals surface area contributed by atoms with Crippen molar-refractivity contribution in [3.05, 3.63) is 65.7 Å². The standard InChI is InChI=1S/C22H26N2O2/c1-16-6-5-9-19(14-16)26-18-10-12-24(13-11-18)22(25)23-21-15-20(21)17-7-3-2-4-8-17/h2-9,14,18,20-21H,10-13,15H2,1H3,(H,23,25)/t20-,21+/m1/s1. The summed E-state index contributed by atoms with van der Waals surface area (Å²) in [5, 5.41) is 3.19. The predicted molar refractivity (Wildman–Crippen MR) is 103 cm³/mol. The summed E-state index contributed by atoms with van der Waals surface area (Å²) >= 11 is 0. The van der Waals surface area contributed by atoms with E-state index in [9.17, 15) is 4.79 Å². The van der Waals surface area contributed by atoms with Crippen molar-refractivity contribution in [2.45, 2.75) is 44.2 Å². The number of carbonyl (C=O) groups is 1. The third-order valence-electron chi connectivity index (χ3n) is 5.35. The van der Waals surface area contributed by atoms with Crippen LogP contribution in [-0.4, -0.2) is 36.2 Å². The second kappa shape index (κ2) is 7.40. The Kier molecular flexibility index (Phi) is 4.83. The maximum absolute atomic E-state index is 12.5. The molecule has 2 aromatic rings. The van der Waals surface area contributed by atoms with Crippen LogP contribution in [0, 0.1) is 6.92 Å². The van der Waals surface area contributed by atoms with Crippen LogP contribution >= 0.6 is 0 Å². The molecule has 1 N–H and O–H groups in total. The monoisotopic (exact) mass is 350 g/mol. The highest BCUT2D eigenvalue weighted by atomic mass is 16.5. The first-order valence-electron chi connectivity index (χ1n) is 9.53. The minimum absolute atomic E-state index is 0.0717. The molecule has 4 rings (SSSR count). The van der Waals surface area contributed by atoms with Crippen LogP contribution in [0.5, 0.6) is 5.75 Å². The van der Waals surface area contributed by atoms with Crippen LogP contribution in [0.4, 0.5) is 4.79 Å². The third kappa shape index (κ3) is 4.01. The molecule has 0 unspecified atom stereocenters. The van der Waals surface area contributed by atoms with Crippen molar-refractivity contribution in [3.8, 4) is 5.75 Å². The fourth-order valence-corrected chi connectivity index (χ4v) is 3.73. The average Bonchev–Trinajstić information content (AvgIpc) is 3.42. The van der Waals surface area contributed by atoms with E-state index in [0.717, 1.165) is 38.1 Å². The van der Waals surface area contributed by atoms with Gasteiger partial charge in [0.2, 0.25) is 0 Å². The Bertz CT molecular complexity index is 754. The van der Waals surface area contributed by atoms with Gasteiger partial charge in [0, 0.05) is 37.9 Å². The van der Waals surface area contributed by atoms with Gasteiger partial charge in [0.15, 0.2) is 0 Å². The number of hydrogen-bond donors (Lipinski definition) is 1. The lowest BCUT2D eigenvalue weighted by atomic mass is 10.1. The Labute approximate surface area is 155 Å². The number of ether oxygens (including phenoxy) is 1. The predicted octanol–water partition coefficient (Wildman–Crippen LogP) is 4.10. The van der Waals surface area contributed by atoms with E-state index in [0.29, 0.717) is 5.92 Å². The normalized spacial score (nSPS) is 22.7. The quantitative estimate of drug-likeness (QED) is 0.902. The largest absolute Gasteiger partial charge is 0.490 e. The first kappa shape index (κ1) is 17.0. The van der Waals surface area contributed by atoms with E-state index in [-0.39, 0.29) is 18.2 Å². The number of carbonyl (C=O) groups excluding carboxylic acids is 1. The van der Waals surface area contributed by atoms with Gasteiger partial charge in [-0.3, -0.25) is 0 Å². The molecule has 0 aromatic heterocycles. The molecule has 0 radical (unpaired) electrons. The van der Waals surface area contributed by atoms with Gasteiger partial charge in [-0.25, -0.2) is 4.79 Å². The van der Waals surface area contributed by atoms with Gasteiger partial charge in [0.05, 0.1) is 0 Å². The summed E-state index contributed by atoms with van der Waals surface area (Å²) in [4.78, 5) is 14.4. The molecule has 136 valence electrons. The smallest absolute Gasteiger partial charge is 0.317 e. The lowest BCUT2D eigenvalue weighted by Gasteiger charge is -2.32. The van der Waals surface area contributed by atoms with E-state index in [2.05, 4.69) is 48.6 Å². The minimum atomic E-state index is 0.0717. The van der Waals surface area contributed by atoms with Crippen LogP contribution in [-0.2, 0) is 0 Å². The summed E-state index contributed by atoms with van der Waals surface area (Å²) in [6.07, 6.45) is 3.00. The maximum atomic E-state index is 12.5. The average molecular weight is 350 g/mol. The van der Waals surface area contributed by atoms with Crippen molar-refractivity contribution in [2.24, 2.45) is 0 Å². The van der Waals surface area contributed by atoms with E-state index in [1.807, 2.05) is 23.1 Å². The molecule has 2 aromatic carbocycles. The van der Waals surface area contributed by atoms with Gasteiger partial charge in [-0.15, -0.1) is 0 Å². The zero-order valence-electron chi connectivity index (χ0n) is 15.2. The highest BCUT2D eigenvalue weighted by Crippen LogP contribution is 2.40. The van der Waals surface area contributed by atoms with Gasteiger partial charge in [-0.1, -0.05) is 42.5 Å². The summed E-state index contributed by atoms with van der Waals surface area (Å²) in [5.74, 6) is 1.40. The highest BCUT2D eigenvalue weighted by Gasteiger charge is 2.40. The third-order valence-corrected chi connectivity index (χ3v) is 5.35. The zero-order valence-corrected chi connectivity index (χ0v) is 15.2. The molecule has 1 saturated carbocycles. The van der Waals surface area contributed by atoms with Crippen molar-refractivity contribution in [1.29, 1.82) is 0 Å². The minimum Gasteiger partial charge on any atom is -0.490 e. The number of benzene rings is 2. The Balaban J connectivity index is 1.23. The summed E-state index contributed by atoms with van der Waals surface area (Å²) in [5.41, 5.74) is 2.53. The molecule has 4 heteroatoms. The number of rotatable bonds is 4. The molecule has 2 aliphatic rings. The van der Waals surface area contributed by atoms with E-state index in [1.165, 1.54) is 11.1 Å². The van der Waals surface area contributed by atoms with Crippen LogP contribution in [0.3, 0.4) is 0 Å². The Morgan fingerprint density at radius 3 is 2.58 bits per heavy atom. The van der Waals surface area contributed by atoms with E-state index < -0.39 is 0 Å². The van der Waals surface area contributed by atoms with Crippen molar-refractivity contribution < 1.29 is 9.53 Å². The van der Waals surface area contributed by atoms with E-state index in [4.69, 9.17) is 4.74 Å². The molecule has 2 amide bonds. The Morgan fingerprint density at radius 2 is 1.85 bits per heavy atom. The molecular weight excluding hydrogens is 324 g/mol. The molecular formula is C22H26N2O2. The van der Waals surface area contributed by atoms with Crippen LogP contribution in [0.25, 0.3) is 0 Å². The first-order valence-corrected chi connectivity index (χ1v) is 9.53. The highest BCUT2D eigenvalue weighted by molar-refractivity contribution is 5.75. The molecule has 2 atom stereocenters. The number of aryl methyl sites for hydroxylation is 1. The van der Waals surface area contributed by atoms with Crippen molar-refractivity contribution >= 4 is 6.03 Å². The van der Waals surface area contributed by atoms with E-state index in [1.54, 1.807) is 0 Å². The number of likely N-dealkylation sites (tertiary alicyclic amines) is 1. The summed E-state index contributed by atoms with van der Waals surface area (Å²) in [6.45, 7) is 3.58. The molecule has 26 heavy (non-hydrogen) atoms. The number of piperidine rings is 1. The molecule has 0 bridgehead atoms. The summed E-state index contributed by atoms with van der Waals surface area (Å²) in [7, 11) is 0. The molecule has 1 aliphatic heterocycles. The van der Waals surface area contributed by atoms with Gasteiger partial charge >= 0.3 is 6.03 Å². The number of hydrogen-bond acceptors (Lipinski definition) is 2. The van der Waals surface area contributed by atoms with Gasteiger partial charge in [0.1, 0.15) is 11.9 Å². The fraction of sp³-hybridized carbons (Fsp3) is 0.409. The summed E-state index contributed by atoms with van der Waals surface area (Å²) < 4.78 is 6.07. The molecule has 4 nitrogen and oxygen atoms in total. The zero-order chi connectivity index (χ0) is 17.9. The second-order valence-electron chi connectivity index (χ2n) is 7.43. The fourth-order valence-electron chi connectivity index (χ4n) is 3.73. The maximum Gasteiger partial charge on any atom is 0.317 e. The molecule has 1 heterocycles. The summed E-state index contributed by atoms with van der Waals surface area (Å²) in [6, 6.07) is 19.0. The first-order chi connectivity index (χ1) is 12.7. The number of nitrogens with zero attached hydrogens (tertiary/aromatic N) is 1. The van der Waals surface area contributed by atoms with Gasteiger partial charge in [0.25, 0.3) is 0 Å². The van der Waals surface area contributed by atoms with Crippen LogP contribution < -0.4 is 10.1 Å². The lowest BCUT2D eigenvalue weighted by molar-refractivity contribution is 0.111. The molecule has 1 saturated heterocycles.